The molecule has 1 aliphatic rings. The van der Waals surface area contributed by atoms with Gasteiger partial charge < -0.3 is 15.7 Å². The second-order valence-corrected chi connectivity index (χ2v) is 10.4. The number of piperidine rings is 1. The first-order valence-electron chi connectivity index (χ1n) is 13.6. The molecule has 0 amide bonds. The van der Waals surface area contributed by atoms with Crippen molar-refractivity contribution < 1.29 is 9.90 Å². The molecule has 1 aliphatic heterocycles. The summed E-state index contributed by atoms with van der Waals surface area (Å²) >= 11 is 0. The molecule has 1 fully saturated rings. The fourth-order valence-corrected chi connectivity index (χ4v) is 4.75. The average Bonchev–Trinajstić information content (AvgIpc) is 3.33. The highest BCUT2D eigenvalue weighted by atomic mass is 16.4. The smallest absolute Gasteiger partial charge is 0.332 e. The summed E-state index contributed by atoms with van der Waals surface area (Å²) in [7, 11) is 1.63. The number of nitrogens with zero attached hydrogens (tertiary/aromatic N) is 7. The van der Waals surface area contributed by atoms with Crippen LogP contribution in [0.2, 0.25) is 0 Å². The van der Waals surface area contributed by atoms with Gasteiger partial charge in [-0.15, -0.1) is 5.92 Å². The second kappa shape index (κ2) is 12.3. The van der Waals surface area contributed by atoms with Gasteiger partial charge in [0.25, 0.3) is 5.56 Å². The number of anilines is 1. The molecule has 4 heterocycles. The van der Waals surface area contributed by atoms with E-state index in [9.17, 15) is 14.4 Å². The molecule has 1 aromatic carbocycles. The number of carboxylic acids is 1. The van der Waals surface area contributed by atoms with Crippen molar-refractivity contribution in [2.45, 2.75) is 59.7 Å². The zero-order valence-corrected chi connectivity index (χ0v) is 24.1. The van der Waals surface area contributed by atoms with Crippen LogP contribution < -0.4 is 21.9 Å². The van der Waals surface area contributed by atoms with E-state index in [1.54, 1.807) is 32.4 Å². The number of aliphatic carboxylic acids is 1. The van der Waals surface area contributed by atoms with Gasteiger partial charge in [0.15, 0.2) is 11.2 Å². The number of aromatic nitrogens is 6. The minimum Gasteiger partial charge on any atom is -0.481 e. The van der Waals surface area contributed by atoms with Gasteiger partial charge in [-0.25, -0.2) is 14.8 Å². The van der Waals surface area contributed by atoms with Crippen LogP contribution in [0.4, 0.5) is 5.95 Å². The molecule has 12 heteroatoms. The Labute approximate surface area is 237 Å². The highest BCUT2D eigenvalue weighted by Crippen LogP contribution is 2.23. The molecule has 0 bridgehead atoms. The monoisotopic (exact) mass is 560 g/mol. The fraction of sp³-hybridized carbons (Fsp3) is 0.448. The molecule has 0 spiro atoms. The highest BCUT2D eigenvalue weighted by molar-refractivity contribution is 5.80. The molecule has 0 radical (unpaired) electrons. The van der Waals surface area contributed by atoms with E-state index >= 15 is 0 Å². The molecule has 4 aromatic rings. The van der Waals surface area contributed by atoms with E-state index in [0.717, 1.165) is 36.0 Å². The number of imidazole rings is 1. The van der Waals surface area contributed by atoms with Crippen molar-refractivity contribution in [3.63, 3.8) is 0 Å². The summed E-state index contributed by atoms with van der Waals surface area (Å²) in [5.41, 5.74) is 7.54. The van der Waals surface area contributed by atoms with Gasteiger partial charge in [0.1, 0.15) is 5.82 Å². The predicted molar refractivity (Wildman–Crippen MR) is 158 cm³/mol. The highest BCUT2D eigenvalue weighted by Gasteiger charge is 2.26. The summed E-state index contributed by atoms with van der Waals surface area (Å²) in [6, 6.07) is 7.71. The summed E-state index contributed by atoms with van der Waals surface area (Å²) in [5.74, 6) is 5.98. The van der Waals surface area contributed by atoms with Crippen molar-refractivity contribution in [2.24, 2.45) is 18.7 Å². The third-order valence-corrected chi connectivity index (χ3v) is 7.00. The standard InChI is InChI=1S/C25H28N8O2.C4H8O2/c1-4-5-13-32-21-22(29-24(32)31-12-8-9-17(26)14-31)30(3)25(35)33(23(21)34)15-20-27-16(2)18-10-6-7-11-19(18)28-20;1-3(2)4(5)6/h6-7,10-11,17H,8-9,12-15,26H2,1-3H3;3H,1-2H3,(H,5,6)/t17-;/m1./s1. The average molecular weight is 561 g/mol. The van der Waals surface area contributed by atoms with Gasteiger partial charge >= 0.3 is 11.7 Å². The molecule has 1 atom stereocenters. The Balaban J connectivity index is 0.000000585. The lowest BCUT2D eigenvalue weighted by molar-refractivity contribution is -0.140. The van der Waals surface area contributed by atoms with Gasteiger partial charge in [-0.1, -0.05) is 38.0 Å². The fourth-order valence-electron chi connectivity index (χ4n) is 4.75. The number of para-hydroxylation sites is 1. The van der Waals surface area contributed by atoms with Gasteiger partial charge in [-0.3, -0.25) is 23.3 Å². The summed E-state index contributed by atoms with van der Waals surface area (Å²) < 4.78 is 4.39. The number of benzene rings is 1. The van der Waals surface area contributed by atoms with Crippen LogP contribution >= 0.6 is 0 Å². The first-order chi connectivity index (χ1) is 19.5. The molecule has 3 N–H and O–H groups in total. The van der Waals surface area contributed by atoms with E-state index < -0.39 is 17.2 Å². The Morgan fingerprint density at radius 1 is 1.17 bits per heavy atom. The van der Waals surface area contributed by atoms with E-state index in [1.807, 2.05) is 31.2 Å². The van der Waals surface area contributed by atoms with Crippen LogP contribution in [-0.4, -0.2) is 58.9 Å². The Morgan fingerprint density at radius 2 is 1.88 bits per heavy atom. The number of hydrogen-bond donors (Lipinski definition) is 2. The van der Waals surface area contributed by atoms with Crippen LogP contribution in [0.15, 0.2) is 33.9 Å². The molecule has 3 aromatic heterocycles. The minimum atomic E-state index is -0.741. The maximum atomic E-state index is 13.7. The zero-order chi connectivity index (χ0) is 29.8. The Morgan fingerprint density at radius 3 is 2.54 bits per heavy atom. The molecule has 0 unspecified atom stereocenters. The van der Waals surface area contributed by atoms with Crippen molar-refractivity contribution in [2.75, 3.05) is 18.0 Å². The molecule has 1 saturated heterocycles. The number of carboxylic acid groups (broad SMARTS) is 1. The van der Waals surface area contributed by atoms with Crippen LogP contribution in [0.5, 0.6) is 0 Å². The first kappa shape index (κ1) is 29.5. The summed E-state index contributed by atoms with van der Waals surface area (Å²) in [4.78, 5) is 52.7. The Kier molecular flexibility index (Phi) is 8.88. The van der Waals surface area contributed by atoms with Crippen molar-refractivity contribution >= 4 is 34.0 Å². The largest absolute Gasteiger partial charge is 0.481 e. The van der Waals surface area contributed by atoms with E-state index in [4.69, 9.17) is 15.8 Å². The Hall–Kier alpha value is -4.50. The molecule has 216 valence electrons. The van der Waals surface area contributed by atoms with Crippen molar-refractivity contribution in [1.29, 1.82) is 0 Å². The molecule has 12 nitrogen and oxygen atoms in total. The third kappa shape index (κ3) is 6.15. The van der Waals surface area contributed by atoms with E-state index in [0.29, 0.717) is 29.5 Å². The van der Waals surface area contributed by atoms with Crippen LogP contribution in [0.1, 0.15) is 45.1 Å². The van der Waals surface area contributed by atoms with Gasteiger partial charge in [-0.2, -0.15) is 4.98 Å². The number of hydrogen-bond acceptors (Lipinski definition) is 8. The van der Waals surface area contributed by atoms with Gasteiger partial charge in [0.05, 0.1) is 24.5 Å². The molecule has 41 heavy (non-hydrogen) atoms. The quantitative estimate of drug-likeness (QED) is 0.348. The maximum absolute atomic E-state index is 13.7. The summed E-state index contributed by atoms with van der Waals surface area (Å²) in [6.07, 6.45) is 1.88. The molecular formula is C29H36N8O4. The SMILES string of the molecule is CC#CCn1c(N2CCC[C@@H](N)C2)nc2c1c(=O)n(Cc1nc(C)c3ccccc3n1)c(=O)n2C.CC(C)C(=O)O. The van der Waals surface area contributed by atoms with Crippen molar-refractivity contribution in [3.05, 3.63) is 56.6 Å². The maximum Gasteiger partial charge on any atom is 0.332 e. The van der Waals surface area contributed by atoms with Gasteiger partial charge in [0.2, 0.25) is 5.95 Å². The predicted octanol–water partition coefficient (Wildman–Crippen LogP) is 1.87. The van der Waals surface area contributed by atoms with Crippen molar-refractivity contribution in [1.82, 2.24) is 28.7 Å². The minimum absolute atomic E-state index is 0.0306. The van der Waals surface area contributed by atoms with E-state index in [-0.39, 0.29) is 25.0 Å². The normalized spacial score (nSPS) is 15.0. The van der Waals surface area contributed by atoms with Crippen LogP contribution in [0, 0.1) is 24.7 Å². The van der Waals surface area contributed by atoms with Crippen LogP contribution in [-0.2, 0) is 24.9 Å². The molecule has 0 aliphatic carbocycles. The van der Waals surface area contributed by atoms with E-state index in [2.05, 4.69) is 26.7 Å². The summed E-state index contributed by atoms with van der Waals surface area (Å²) in [6.45, 7) is 8.59. The zero-order valence-electron chi connectivity index (χ0n) is 24.1. The van der Waals surface area contributed by atoms with Crippen molar-refractivity contribution in [3.8, 4) is 11.8 Å². The third-order valence-electron chi connectivity index (χ3n) is 7.00. The number of fused-ring (bicyclic) bond motifs is 2. The lowest BCUT2D eigenvalue weighted by atomic mass is 10.1. The van der Waals surface area contributed by atoms with Crippen LogP contribution in [0.25, 0.3) is 22.1 Å². The number of rotatable bonds is 5. The van der Waals surface area contributed by atoms with Crippen LogP contribution in [0.3, 0.4) is 0 Å². The number of carbonyl (C=O) groups is 1. The lowest BCUT2D eigenvalue weighted by Gasteiger charge is -2.31. The molecular weight excluding hydrogens is 524 g/mol. The van der Waals surface area contributed by atoms with Gasteiger partial charge in [0, 0.05) is 37.3 Å². The van der Waals surface area contributed by atoms with Gasteiger partial charge in [-0.05, 0) is 32.8 Å². The number of aryl methyl sites for hydroxylation is 2. The molecule has 5 rings (SSSR count). The van der Waals surface area contributed by atoms with E-state index in [1.165, 1.54) is 9.13 Å². The first-order valence-corrected chi connectivity index (χ1v) is 13.6. The Bertz CT molecular complexity index is 1770. The second-order valence-electron chi connectivity index (χ2n) is 10.4. The topological polar surface area (TPSA) is 154 Å². The lowest BCUT2D eigenvalue weighted by Crippen LogP contribution is -2.44. The molecule has 0 saturated carbocycles. The number of nitrogens with two attached hydrogens (primary N) is 1. The summed E-state index contributed by atoms with van der Waals surface area (Å²) in [5, 5.41) is 8.93.